The largest absolute Gasteiger partial charge is 0.399 e. The summed E-state index contributed by atoms with van der Waals surface area (Å²) in [7, 11) is 1.49. The lowest BCUT2D eigenvalue weighted by molar-refractivity contribution is -0.131. The molecule has 1 heterocycles. The lowest BCUT2D eigenvalue weighted by Gasteiger charge is -2.27. The number of amides is 1. The molecule has 0 fully saturated rings. The van der Waals surface area contributed by atoms with Gasteiger partial charge >= 0.3 is 0 Å². The first-order valence-corrected chi connectivity index (χ1v) is 4.95. The molecule has 0 aliphatic carbocycles. The number of hydrogen-bond donors (Lipinski definition) is 1. The van der Waals surface area contributed by atoms with Crippen LogP contribution in [0.5, 0.6) is 0 Å². The van der Waals surface area contributed by atoms with Gasteiger partial charge in [0.15, 0.2) is 0 Å². The zero-order valence-corrected chi connectivity index (χ0v) is 9.14. The van der Waals surface area contributed by atoms with E-state index >= 15 is 0 Å². The minimum absolute atomic E-state index is 0.0218. The van der Waals surface area contributed by atoms with E-state index in [0.29, 0.717) is 6.54 Å². The molecule has 5 nitrogen and oxygen atoms in total. The normalized spacial score (nSPS) is 18.9. The molecule has 1 aliphatic heterocycles. The highest BCUT2D eigenvalue weighted by molar-refractivity contribution is 5.85. The zero-order chi connectivity index (χ0) is 11.3. The molecule has 0 spiro atoms. The number of rotatable bonds is 3. The molecular weight excluding hydrogens is 194 g/mol. The SMILES string of the molecule is CON=CC1=CCCN(C(=O)C(C)N)C1. The first-order valence-electron chi connectivity index (χ1n) is 4.95. The van der Waals surface area contributed by atoms with Crippen molar-refractivity contribution in [2.75, 3.05) is 20.2 Å². The fourth-order valence-corrected chi connectivity index (χ4v) is 1.46. The Kier molecular flexibility index (Phi) is 4.30. The highest BCUT2D eigenvalue weighted by atomic mass is 16.6. The van der Waals surface area contributed by atoms with Crippen LogP contribution in [0.3, 0.4) is 0 Å². The van der Waals surface area contributed by atoms with Gasteiger partial charge in [0, 0.05) is 13.1 Å². The van der Waals surface area contributed by atoms with E-state index in [-0.39, 0.29) is 5.91 Å². The van der Waals surface area contributed by atoms with Crippen molar-refractivity contribution in [2.45, 2.75) is 19.4 Å². The average molecular weight is 211 g/mol. The Morgan fingerprint density at radius 3 is 3.13 bits per heavy atom. The summed E-state index contributed by atoms with van der Waals surface area (Å²) in [6.07, 6.45) is 4.51. The summed E-state index contributed by atoms with van der Waals surface area (Å²) >= 11 is 0. The molecule has 0 saturated heterocycles. The van der Waals surface area contributed by atoms with Crippen molar-refractivity contribution in [3.63, 3.8) is 0 Å². The number of nitrogens with two attached hydrogens (primary N) is 1. The smallest absolute Gasteiger partial charge is 0.239 e. The maximum atomic E-state index is 11.6. The van der Waals surface area contributed by atoms with Crippen molar-refractivity contribution in [3.8, 4) is 0 Å². The Morgan fingerprint density at radius 2 is 2.53 bits per heavy atom. The molecule has 0 saturated carbocycles. The van der Waals surface area contributed by atoms with Gasteiger partial charge in [-0.3, -0.25) is 4.79 Å². The van der Waals surface area contributed by atoms with E-state index < -0.39 is 6.04 Å². The molecule has 1 aliphatic rings. The van der Waals surface area contributed by atoms with Gasteiger partial charge in [-0.25, -0.2) is 0 Å². The molecule has 15 heavy (non-hydrogen) atoms. The van der Waals surface area contributed by atoms with Gasteiger partial charge in [-0.2, -0.15) is 0 Å². The maximum absolute atomic E-state index is 11.6. The third kappa shape index (κ3) is 3.36. The highest BCUT2D eigenvalue weighted by Crippen LogP contribution is 2.09. The maximum Gasteiger partial charge on any atom is 0.239 e. The van der Waals surface area contributed by atoms with Crippen LogP contribution in [0.1, 0.15) is 13.3 Å². The fourth-order valence-electron chi connectivity index (χ4n) is 1.46. The summed E-state index contributed by atoms with van der Waals surface area (Å²) in [6.45, 7) is 2.99. The van der Waals surface area contributed by atoms with Gasteiger partial charge in [0.25, 0.3) is 0 Å². The molecule has 2 N–H and O–H groups in total. The number of carbonyl (C=O) groups is 1. The molecule has 0 bridgehead atoms. The number of nitrogens with zero attached hydrogens (tertiary/aromatic N) is 2. The van der Waals surface area contributed by atoms with Crippen LogP contribution in [-0.4, -0.2) is 43.3 Å². The van der Waals surface area contributed by atoms with Crippen molar-refractivity contribution in [3.05, 3.63) is 11.6 Å². The van der Waals surface area contributed by atoms with Crippen molar-refractivity contribution < 1.29 is 9.63 Å². The second kappa shape index (κ2) is 5.50. The second-order valence-corrected chi connectivity index (χ2v) is 3.53. The van der Waals surface area contributed by atoms with E-state index in [9.17, 15) is 4.79 Å². The van der Waals surface area contributed by atoms with Crippen LogP contribution in [0, 0.1) is 0 Å². The minimum Gasteiger partial charge on any atom is -0.399 e. The monoisotopic (exact) mass is 211 g/mol. The number of oxime groups is 1. The third-order valence-corrected chi connectivity index (χ3v) is 2.20. The van der Waals surface area contributed by atoms with Crippen molar-refractivity contribution in [1.82, 2.24) is 4.90 Å². The number of hydrogen-bond acceptors (Lipinski definition) is 4. The quantitative estimate of drug-likeness (QED) is 0.532. The van der Waals surface area contributed by atoms with Gasteiger partial charge in [-0.05, 0) is 18.9 Å². The summed E-state index contributed by atoms with van der Waals surface area (Å²) in [5.74, 6) is -0.0218. The van der Waals surface area contributed by atoms with E-state index in [1.807, 2.05) is 6.08 Å². The second-order valence-electron chi connectivity index (χ2n) is 3.53. The van der Waals surface area contributed by atoms with Crippen LogP contribution < -0.4 is 5.73 Å². The molecule has 1 atom stereocenters. The molecule has 1 rings (SSSR count). The molecule has 5 heteroatoms. The molecule has 84 valence electrons. The molecular formula is C10H17N3O2. The predicted molar refractivity (Wildman–Crippen MR) is 58.4 cm³/mol. The molecule has 0 radical (unpaired) electrons. The van der Waals surface area contributed by atoms with E-state index in [2.05, 4.69) is 9.99 Å². The van der Waals surface area contributed by atoms with Crippen LogP contribution in [0.25, 0.3) is 0 Å². The Morgan fingerprint density at radius 1 is 1.80 bits per heavy atom. The summed E-state index contributed by atoms with van der Waals surface area (Å²) in [6, 6.07) is -0.441. The first-order chi connectivity index (χ1) is 7.15. The molecule has 0 aromatic rings. The summed E-state index contributed by atoms with van der Waals surface area (Å²) < 4.78 is 0. The molecule has 0 aromatic carbocycles. The van der Waals surface area contributed by atoms with E-state index in [4.69, 9.17) is 5.73 Å². The van der Waals surface area contributed by atoms with E-state index in [0.717, 1.165) is 18.5 Å². The van der Waals surface area contributed by atoms with Crippen LogP contribution in [-0.2, 0) is 9.63 Å². The fraction of sp³-hybridized carbons (Fsp3) is 0.600. The predicted octanol–water partition coefficient (Wildman–Crippen LogP) is 0.124. The Hall–Kier alpha value is -1.36. The molecule has 0 aromatic heterocycles. The summed E-state index contributed by atoms with van der Waals surface area (Å²) in [5.41, 5.74) is 6.53. The van der Waals surface area contributed by atoms with Gasteiger partial charge in [-0.15, -0.1) is 0 Å². The van der Waals surface area contributed by atoms with Crippen LogP contribution in [0.4, 0.5) is 0 Å². The van der Waals surface area contributed by atoms with Crippen LogP contribution in [0.15, 0.2) is 16.8 Å². The van der Waals surface area contributed by atoms with Gasteiger partial charge < -0.3 is 15.5 Å². The lowest BCUT2D eigenvalue weighted by Crippen LogP contribution is -2.44. The molecule has 1 unspecified atom stereocenters. The Labute approximate surface area is 89.6 Å². The topological polar surface area (TPSA) is 67.9 Å². The van der Waals surface area contributed by atoms with E-state index in [1.54, 1.807) is 18.0 Å². The lowest BCUT2D eigenvalue weighted by atomic mass is 10.1. The van der Waals surface area contributed by atoms with Gasteiger partial charge in [-0.1, -0.05) is 11.2 Å². The number of carbonyl (C=O) groups excluding carboxylic acids is 1. The Bertz CT molecular complexity index is 284. The average Bonchev–Trinajstić information content (AvgIpc) is 2.25. The van der Waals surface area contributed by atoms with Gasteiger partial charge in [0.2, 0.25) is 5.91 Å². The zero-order valence-electron chi connectivity index (χ0n) is 9.14. The first kappa shape index (κ1) is 11.7. The Balaban J connectivity index is 2.57. The third-order valence-electron chi connectivity index (χ3n) is 2.20. The molecule has 1 amide bonds. The van der Waals surface area contributed by atoms with Gasteiger partial charge in [0.1, 0.15) is 7.11 Å². The van der Waals surface area contributed by atoms with Crippen molar-refractivity contribution in [2.24, 2.45) is 10.9 Å². The van der Waals surface area contributed by atoms with Crippen LogP contribution >= 0.6 is 0 Å². The summed E-state index contributed by atoms with van der Waals surface area (Å²) in [4.78, 5) is 17.9. The summed E-state index contributed by atoms with van der Waals surface area (Å²) in [5, 5.41) is 3.67. The van der Waals surface area contributed by atoms with Crippen LogP contribution in [0.2, 0.25) is 0 Å². The van der Waals surface area contributed by atoms with Crippen molar-refractivity contribution in [1.29, 1.82) is 0 Å². The standard InChI is InChI=1S/C10H17N3O2/c1-8(11)10(14)13-5-3-4-9(7-13)6-12-15-2/h4,6,8H,3,5,7,11H2,1-2H3. The highest BCUT2D eigenvalue weighted by Gasteiger charge is 2.19. The van der Waals surface area contributed by atoms with Gasteiger partial charge in [0.05, 0.1) is 12.3 Å². The van der Waals surface area contributed by atoms with Crippen molar-refractivity contribution >= 4 is 12.1 Å². The van der Waals surface area contributed by atoms with E-state index in [1.165, 1.54) is 7.11 Å². The minimum atomic E-state index is -0.441.